The van der Waals surface area contributed by atoms with Gasteiger partial charge in [-0.25, -0.2) is 8.42 Å². The first-order valence-electron chi connectivity index (χ1n) is 7.16. The van der Waals surface area contributed by atoms with Crippen molar-refractivity contribution < 1.29 is 13.2 Å². The summed E-state index contributed by atoms with van der Waals surface area (Å²) in [6.45, 7) is 1.13. The smallest absolute Gasteiger partial charge is 0.240 e. The molecule has 3 aliphatic rings. The van der Waals surface area contributed by atoms with Gasteiger partial charge < -0.3 is 10.2 Å². The van der Waals surface area contributed by atoms with E-state index in [1.807, 2.05) is 0 Å². The molecule has 0 bridgehead atoms. The fourth-order valence-corrected chi connectivity index (χ4v) is 5.19. The van der Waals surface area contributed by atoms with E-state index in [-0.39, 0.29) is 17.4 Å². The number of carbonyl (C=O) groups is 1. The number of sulfone groups is 1. The lowest BCUT2D eigenvalue weighted by Crippen LogP contribution is -2.47. The number of nitrogens with one attached hydrogen (secondary N) is 1. The maximum absolute atomic E-state index is 12.4. The molecule has 2 saturated carbocycles. The molecule has 1 amide bonds. The zero-order chi connectivity index (χ0) is 13.6. The molecule has 6 heteroatoms. The number of likely N-dealkylation sites (N-methyl/N-ethyl adjacent to an activating group) is 1. The lowest BCUT2D eigenvalue weighted by atomic mass is 10.0. The summed E-state index contributed by atoms with van der Waals surface area (Å²) in [5.74, 6) is 2.32. The highest BCUT2D eigenvalue weighted by Crippen LogP contribution is 2.55. The number of fused-ring (bicyclic) bond motifs is 1. The van der Waals surface area contributed by atoms with Gasteiger partial charge in [-0.2, -0.15) is 0 Å². The standard InChI is InChI=1S/C13H22N2O3S/c1-14-12-8-19(17,18)5-4-15(13(12)16)7-10-3-2-9-6-11(9)10/h9-12,14H,2-8H2,1H3. The molecule has 1 aliphatic heterocycles. The number of hydrogen-bond donors (Lipinski definition) is 1. The number of carbonyl (C=O) groups excluding carboxylic acids is 1. The van der Waals surface area contributed by atoms with Crippen molar-refractivity contribution >= 4 is 15.7 Å². The summed E-state index contributed by atoms with van der Waals surface area (Å²) in [5.41, 5.74) is 0. The predicted molar refractivity (Wildman–Crippen MR) is 72.4 cm³/mol. The predicted octanol–water partition coefficient (Wildman–Crippen LogP) is -0.122. The molecule has 4 atom stereocenters. The maximum Gasteiger partial charge on any atom is 0.240 e. The van der Waals surface area contributed by atoms with E-state index in [2.05, 4.69) is 5.32 Å². The van der Waals surface area contributed by atoms with E-state index in [1.165, 1.54) is 19.3 Å². The van der Waals surface area contributed by atoms with E-state index in [9.17, 15) is 13.2 Å². The molecule has 0 radical (unpaired) electrons. The first-order chi connectivity index (χ1) is 9.00. The van der Waals surface area contributed by atoms with Crippen LogP contribution in [0.25, 0.3) is 0 Å². The van der Waals surface area contributed by atoms with Crippen molar-refractivity contribution in [3.8, 4) is 0 Å². The number of nitrogens with zero attached hydrogens (tertiary/aromatic N) is 1. The van der Waals surface area contributed by atoms with Gasteiger partial charge >= 0.3 is 0 Å². The Morgan fingerprint density at radius 3 is 2.74 bits per heavy atom. The Kier molecular flexibility index (Phi) is 3.33. The Morgan fingerprint density at radius 2 is 2.16 bits per heavy atom. The van der Waals surface area contributed by atoms with Crippen LogP contribution in [0.15, 0.2) is 0 Å². The Hall–Kier alpha value is -0.620. The highest BCUT2D eigenvalue weighted by atomic mass is 32.2. The normalized spacial score (nSPS) is 40.9. The van der Waals surface area contributed by atoms with Crippen molar-refractivity contribution in [2.24, 2.45) is 17.8 Å². The van der Waals surface area contributed by atoms with Gasteiger partial charge in [-0.3, -0.25) is 4.79 Å². The Morgan fingerprint density at radius 1 is 1.37 bits per heavy atom. The Labute approximate surface area is 114 Å². The zero-order valence-corrected chi connectivity index (χ0v) is 12.2. The Bertz CT molecular complexity index is 476. The summed E-state index contributed by atoms with van der Waals surface area (Å²) in [7, 11) is -1.45. The van der Waals surface area contributed by atoms with E-state index in [0.29, 0.717) is 12.5 Å². The average Bonchev–Trinajstić information content (AvgIpc) is 3.07. The van der Waals surface area contributed by atoms with E-state index < -0.39 is 15.9 Å². The minimum atomic E-state index is -3.11. The monoisotopic (exact) mass is 286 g/mol. The van der Waals surface area contributed by atoms with Crippen molar-refractivity contribution in [2.45, 2.75) is 25.3 Å². The summed E-state index contributed by atoms with van der Waals surface area (Å²) in [5, 5.41) is 2.86. The molecule has 3 rings (SSSR count). The molecule has 0 aromatic rings. The van der Waals surface area contributed by atoms with Crippen LogP contribution in [-0.2, 0) is 14.6 Å². The largest absolute Gasteiger partial charge is 0.340 e. The maximum atomic E-state index is 12.4. The lowest BCUT2D eigenvalue weighted by Gasteiger charge is -2.27. The van der Waals surface area contributed by atoms with Crippen LogP contribution in [0.3, 0.4) is 0 Å². The molecule has 0 aromatic heterocycles. The number of hydrogen-bond acceptors (Lipinski definition) is 4. The molecule has 2 aliphatic carbocycles. The van der Waals surface area contributed by atoms with E-state index in [1.54, 1.807) is 11.9 Å². The van der Waals surface area contributed by atoms with Crippen molar-refractivity contribution in [1.82, 2.24) is 10.2 Å². The number of amides is 1. The fraction of sp³-hybridized carbons (Fsp3) is 0.923. The molecule has 0 spiro atoms. The van der Waals surface area contributed by atoms with E-state index in [4.69, 9.17) is 0 Å². The fourth-order valence-electron chi connectivity index (χ4n) is 3.71. The van der Waals surface area contributed by atoms with Gasteiger partial charge in [0.2, 0.25) is 5.91 Å². The topological polar surface area (TPSA) is 66.5 Å². The second-order valence-corrected chi connectivity index (χ2v) is 8.47. The van der Waals surface area contributed by atoms with Crippen LogP contribution in [0.4, 0.5) is 0 Å². The van der Waals surface area contributed by atoms with Crippen LogP contribution in [0.5, 0.6) is 0 Å². The summed E-state index contributed by atoms with van der Waals surface area (Å²) in [6, 6.07) is -0.566. The van der Waals surface area contributed by atoms with Gasteiger partial charge in [-0.1, -0.05) is 0 Å². The van der Waals surface area contributed by atoms with E-state index >= 15 is 0 Å². The summed E-state index contributed by atoms with van der Waals surface area (Å²) in [6.07, 6.45) is 3.82. The molecule has 1 heterocycles. The number of rotatable bonds is 3. The first-order valence-corrected chi connectivity index (χ1v) is 8.99. The van der Waals surface area contributed by atoms with Crippen LogP contribution >= 0.6 is 0 Å². The van der Waals surface area contributed by atoms with Gasteiger partial charge in [-0.15, -0.1) is 0 Å². The molecule has 108 valence electrons. The van der Waals surface area contributed by atoms with Crippen molar-refractivity contribution in [1.29, 1.82) is 0 Å². The van der Waals surface area contributed by atoms with Gasteiger partial charge in [0.1, 0.15) is 6.04 Å². The van der Waals surface area contributed by atoms with Crippen molar-refractivity contribution in [3.63, 3.8) is 0 Å². The molecular formula is C13H22N2O3S. The molecule has 5 nitrogen and oxygen atoms in total. The zero-order valence-electron chi connectivity index (χ0n) is 11.3. The van der Waals surface area contributed by atoms with Gasteiger partial charge in [0.25, 0.3) is 0 Å². The first kappa shape index (κ1) is 13.4. The van der Waals surface area contributed by atoms with Crippen LogP contribution in [0, 0.1) is 17.8 Å². The molecule has 1 N–H and O–H groups in total. The third kappa shape index (κ3) is 2.65. The van der Waals surface area contributed by atoms with Gasteiger partial charge in [0.15, 0.2) is 9.84 Å². The second-order valence-electron chi connectivity index (χ2n) is 6.24. The summed E-state index contributed by atoms with van der Waals surface area (Å²) in [4.78, 5) is 14.2. The van der Waals surface area contributed by atoms with Gasteiger partial charge in [0.05, 0.1) is 11.5 Å². The van der Waals surface area contributed by atoms with Crippen LogP contribution in [0.2, 0.25) is 0 Å². The molecule has 4 unspecified atom stereocenters. The van der Waals surface area contributed by atoms with E-state index in [0.717, 1.165) is 18.4 Å². The highest BCUT2D eigenvalue weighted by molar-refractivity contribution is 7.91. The summed E-state index contributed by atoms with van der Waals surface area (Å²) >= 11 is 0. The van der Waals surface area contributed by atoms with Gasteiger partial charge in [-0.05, 0) is 44.1 Å². The molecule has 0 aromatic carbocycles. The average molecular weight is 286 g/mol. The quantitative estimate of drug-likeness (QED) is 0.785. The van der Waals surface area contributed by atoms with Crippen LogP contribution in [-0.4, -0.2) is 56.9 Å². The van der Waals surface area contributed by atoms with Crippen LogP contribution < -0.4 is 5.32 Å². The summed E-state index contributed by atoms with van der Waals surface area (Å²) < 4.78 is 23.6. The van der Waals surface area contributed by atoms with Crippen molar-refractivity contribution in [3.05, 3.63) is 0 Å². The molecule has 1 saturated heterocycles. The highest BCUT2D eigenvalue weighted by Gasteiger charge is 2.48. The third-order valence-electron chi connectivity index (χ3n) is 5.00. The minimum absolute atomic E-state index is 0.0346. The molecular weight excluding hydrogens is 264 g/mol. The van der Waals surface area contributed by atoms with Gasteiger partial charge in [0, 0.05) is 13.1 Å². The minimum Gasteiger partial charge on any atom is -0.340 e. The molecule has 3 fully saturated rings. The molecule has 19 heavy (non-hydrogen) atoms. The second kappa shape index (κ2) is 4.74. The SMILES string of the molecule is CNC1CS(=O)(=O)CCN(CC2CCC3CC32)C1=O. The Balaban J connectivity index is 1.70. The van der Waals surface area contributed by atoms with Crippen LogP contribution in [0.1, 0.15) is 19.3 Å². The van der Waals surface area contributed by atoms with Crippen molar-refractivity contribution in [2.75, 3.05) is 31.6 Å². The lowest BCUT2D eigenvalue weighted by molar-refractivity contribution is -0.133. The third-order valence-corrected chi connectivity index (χ3v) is 6.64.